The van der Waals surface area contributed by atoms with Crippen molar-refractivity contribution >= 4 is 51.3 Å². The van der Waals surface area contributed by atoms with Crippen LogP contribution >= 0.6 is 45.5 Å². The maximum Gasteiger partial charge on any atom is 0.190 e. The summed E-state index contributed by atoms with van der Waals surface area (Å²) >= 11 is 9.44. The zero-order chi connectivity index (χ0) is 12.3. The Hall–Kier alpha value is -0.470. The summed E-state index contributed by atoms with van der Waals surface area (Å²) in [6, 6.07) is 0. The largest absolute Gasteiger partial charge is 0.369 e. The lowest BCUT2D eigenvalue weighted by Gasteiger charge is -2.06. The number of hydrogen-bond acceptors (Lipinski definition) is 5. The number of hydrogen-bond donors (Lipinski definition) is 1. The average Bonchev–Trinajstić information content (AvgIpc) is 2.75. The second-order valence-corrected chi connectivity index (χ2v) is 6.11. The molecule has 2 aromatic rings. The highest BCUT2D eigenvalue weighted by Gasteiger charge is 2.09. The molecule has 0 spiro atoms. The fourth-order valence-corrected chi connectivity index (χ4v) is 2.50. The van der Waals surface area contributed by atoms with Crippen molar-refractivity contribution in [1.29, 1.82) is 0 Å². The van der Waals surface area contributed by atoms with E-state index in [1.807, 2.05) is 0 Å². The minimum atomic E-state index is 0.612. The van der Waals surface area contributed by atoms with Gasteiger partial charge in [0, 0.05) is 12.7 Å². The predicted octanol–water partition coefficient (Wildman–Crippen LogP) is 3.68. The van der Waals surface area contributed by atoms with Crippen molar-refractivity contribution in [2.75, 3.05) is 11.9 Å². The summed E-state index contributed by atoms with van der Waals surface area (Å²) < 4.78 is 1.65. The molecule has 0 saturated heterocycles. The topological polar surface area (TPSA) is 50.7 Å². The van der Waals surface area contributed by atoms with Crippen LogP contribution in [0.25, 0.3) is 10.8 Å². The van der Waals surface area contributed by atoms with Gasteiger partial charge in [0.25, 0.3) is 0 Å². The third kappa shape index (κ3) is 3.26. The zero-order valence-electron chi connectivity index (χ0n) is 9.07. The lowest BCUT2D eigenvalue weighted by molar-refractivity contribution is 0.962. The molecule has 0 amide bonds. The van der Waals surface area contributed by atoms with Crippen molar-refractivity contribution in [3.63, 3.8) is 0 Å². The maximum atomic E-state index is 5.85. The molecule has 4 nitrogen and oxygen atoms in total. The van der Waals surface area contributed by atoms with Gasteiger partial charge in [0.15, 0.2) is 10.8 Å². The lowest BCUT2D eigenvalue weighted by atomic mass is 10.4. The smallest absolute Gasteiger partial charge is 0.190 e. The molecule has 0 aromatic carbocycles. The van der Waals surface area contributed by atoms with Crippen molar-refractivity contribution in [2.45, 2.75) is 13.3 Å². The molecule has 90 valence electrons. The van der Waals surface area contributed by atoms with Gasteiger partial charge in [-0.2, -0.15) is 0 Å². The number of thiazole rings is 1. The molecule has 0 bridgehead atoms. The first-order chi connectivity index (χ1) is 8.20. The van der Waals surface area contributed by atoms with Crippen LogP contribution in [0.3, 0.4) is 0 Å². The molecule has 7 heteroatoms. The Labute approximate surface area is 122 Å². The number of halogens is 2. The Morgan fingerprint density at radius 1 is 1.41 bits per heavy atom. The molecule has 0 aliphatic heterocycles. The van der Waals surface area contributed by atoms with E-state index in [4.69, 9.17) is 11.6 Å². The van der Waals surface area contributed by atoms with Crippen LogP contribution in [0.15, 0.2) is 12.4 Å². The van der Waals surface area contributed by atoms with Crippen molar-refractivity contribution in [1.82, 2.24) is 15.0 Å². The van der Waals surface area contributed by atoms with Gasteiger partial charge in [-0.05, 0) is 29.0 Å². The molecule has 0 aliphatic rings. The predicted molar refractivity (Wildman–Crippen MR) is 79.6 cm³/mol. The number of nitrogens with zero attached hydrogens (tertiary/aromatic N) is 3. The number of rotatable bonds is 4. The fraction of sp³-hybridized carbons (Fsp3) is 0.300. The van der Waals surface area contributed by atoms with E-state index in [2.05, 4.69) is 49.8 Å². The first-order valence-corrected chi connectivity index (χ1v) is 7.36. The van der Waals surface area contributed by atoms with Gasteiger partial charge in [-0.15, -0.1) is 0 Å². The van der Waals surface area contributed by atoms with Crippen LogP contribution in [0, 0.1) is 3.57 Å². The molecule has 0 aliphatic carbocycles. The van der Waals surface area contributed by atoms with Gasteiger partial charge >= 0.3 is 0 Å². The summed E-state index contributed by atoms with van der Waals surface area (Å²) in [4.78, 5) is 12.9. The van der Waals surface area contributed by atoms with E-state index >= 15 is 0 Å². The quantitative estimate of drug-likeness (QED) is 0.822. The summed E-state index contributed by atoms with van der Waals surface area (Å²) in [5.74, 6) is 1.46. The van der Waals surface area contributed by atoms with Gasteiger partial charge in [-0.25, -0.2) is 15.0 Å². The molecule has 0 unspecified atom stereocenters. The van der Waals surface area contributed by atoms with Gasteiger partial charge in [0.05, 0.1) is 9.77 Å². The Bertz CT molecular complexity index is 517. The van der Waals surface area contributed by atoms with Gasteiger partial charge < -0.3 is 5.32 Å². The highest BCUT2D eigenvalue weighted by molar-refractivity contribution is 14.1. The molecule has 0 saturated carbocycles. The number of nitrogens with one attached hydrogen (secondary N) is 1. The SMILES string of the molecule is CCCNc1nc(-c2ncc(Cl)s2)ncc1I. The molecule has 2 heterocycles. The van der Waals surface area contributed by atoms with E-state index in [1.165, 1.54) is 11.3 Å². The third-order valence-corrected chi connectivity index (χ3v) is 3.86. The summed E-state index contributed by atoms with van der Waals surface area (Å²) in [5, 5.41) is 4.01. The van der Waals surface area contributed by atoms with E-state index in [1.54, 1.807) is 12.4 Å². The Kier molecular flexibility index (Phi) is 4.52. The summed E-state index contributed by atoms with van der Waals surface area (Å²) in [5.41, 5.74) is 0. The minimum Gasteiger partial charge on any atom is -0.369 e. The van der Waals surface area contributed by atoms with Crippen molar-refractivity contribution in [3.8, 4) is 10.8 Å². The molecule has 0 radical (unpaired) electrons. The summed E-state index contributed by atoms with van der Waals surface area (Å²) in [6.45, 7) is 3.01. The number of anilines is 1. The van der Waals surface area contributed by atoms with Gasteiger partial charge in [-0.3, -0.25) is 0 Å². The second-order valence-electron chi connectivity index (χ2n) is 3.29. The summed E-state index contributed by atoms with van der Waals surface area (Å²) in [7, 11) is 0. The van der Waals surface area contributed by atoms with E-state index in [0.717, 1.165) is 27.4 Å². The lowest BCUT2D eigenvalue weighted by Crippen LogP contribution is -2.05. The van der Waals surface area contributed by atoms with Crippen LogP contribution in [0.5, 0.6) is 0 Å². The molecular formula is C10H10ClIN4S. The molecule has 17 heavy (non-hydrogen) atoms. The van der Waals surface area contributed by atoms with Gasteiger partial charge in [0.2, 0.25) is 0 Å². The molecule has 2 rings (SSSR count). The maximum absolute atomic E-state index is 5.85. The van der Waals surface area contributed by atoms with Gasteiger partial charge in [-0.1, -0.05) is 29.9 Å². The van der Waals surface area contributed by atoms with Crippen molar-refractivity contribution in [3.05, 3.63) is 20.3 Å². The standard InChI is InChI=1S/C10H10ClIN4S/c1-2-3-13-8-6(12)4-14-9(16-8)10-15-5-7(11)17-10/h4-5H,2-3H2,1H3,(H,13,14,16). The Balaban J connectivity index is 2.30. The molecule has 2 aromatic heterocycles. The van der Waals surface area contributed by atoms with Crippen LogP contribution in [0.2, 0.25) is 4.34 Å². The first-order valence-electron chi connectivity index (χ1n) is 5.09. The van der Waals surface area contributed by atoms with Crippen LogP contribution < -0.4 is 5.32 Å². The van der Waals surface area contributed by atoms with Crippen molar-refractivity contribution < 1.29 is 0 Å². The average molecular weight is 381 g/mol. The van der Waals surface area contributed by atoms with E-state index in [9.17, 15) is 0 Å². The zero-order valence-corrected chi connectivity index (χ0v) is 12.8. The van der Waals surface area contributed by atoms with Crippen molar-refractivity contribution in [2.24, 2.45) is 0 Å². The van der Waals surface area contributed by atoms with Crippen LogP contribution in [0.4, 0.5) is 5.82 Å². The summed E-state index contributed by atoms with van der Waals surface area (Å²) in [6.07, 6.45) is 4.46. The highest BCUT2D eigenvalue weighted by Crippen LogP contribution is 2.27. The third-order valence-electron chi connectivity index (χ3n) is 1.96. The second kappa shape index (κ2) is 5.92. The van der Waals surface area contributed by atoms with Crippen LogP contribution in [-0.4, -0.2) is 21.5 Å². The fourth-order valence-electron chi connectivity index (χ4n) is 1.20. The van der Waals surface area contributed by atoms with E-state index in [0.29, 0.717) is 10.2 Å². The van der Waals surface area contributed by atoms with Gasteiger partial charge in [0.1, 0.15) is 10.2 Å². The molecule has 0 atom stereocenters. The number of aromatic nitrogens is 3. The monoisotopic (exact) mass is 380 g/mol. The Morgan fingerprint density at radius 3 is 2.88 bits per heavy atom. The molecule has 1 N–H and O–H groups in total. The molecular weight excluding hydrogens is 371 g/mol. The van der Waals surface area contributed by atoms with E-state index < -0.39 is 0 Å². The normalized spacial score (nSPS) is 10.5. The van der Waals surface area contributed by atoms with E-state index in [-0.39, 0.29) is 0 Å². The highest BCUT2D eigenvalue weighted by atomic mass is 127. The van der Waals surface area contributed by atoms with Crippen LogP contribution in [-0.2, 0) is 0 Å². The Morgan fingerprint density at radius 2 is 2.24 bits per heavy atom. The minimum absolute atomic E-state index is 0.612. The molecule has 0 fully saturated rings. The van der Waals surface area contributed by atoms with Crippen LogP contribution in [0.1, 0.15) is 13.3 Å². The first kappa shape index (κ1) is 13.0.